The predicted octanol–water partition coefficient (Wildman–Crippen LogP) is 5.06. The van der Waals surface area contributed by atoms with Gasteiger partial charge in [-0.15, -0.1) is 0 Å². The highest BCUT2D eigenvalue weighted by Gasteiger charge is 2.22. The molecule has 0 atom stereocenters. The van der Waals surface area contributed by atoms with Crippen molar-refractivity contribution in [1.29, 1.82) is 0 Å². The molecule has 0 aromatic heterocycles. The maximum atomic E-state index is 12.1. The first kappa shape index (κ1) is 21.3. The van der Waals surface area contributed by atoms with Crippen molar-refractivity contribution in [1.82, 2.24) is 0 Å². The van der Waals surface area contributed by atoms with Gasteiger partial charge in [-0.25, -0.2) is 0 Å². The molecule has 1 aliphatic carbocycles. The fourth-order valence-corrected chi connectivity index (χ4v) is 3.18. The van der Waals surface area contributed by atoms with Crippen molar-refractivity contribution in [3.05, 3.63) is 24.3 Å². The van der Waals surface area contributed by atoms with E-state index < -0.39 is 0 Å². The molecule has 0 spiro atoms. The molecule has 0 saturated heterocycles. The molecular weight excluding hydrogens is 344 g/mol. The van der Waals surface area contributed by atoms with Crippen LogP contribution in [0.25, 0.3) is 0 Å². The van der Waals surface area contributed by atoms with Gasteiger partial charge in [0.1, 0.15) is 11.5 Å². The Balaban J connectivity index is 1.56. The molecule has 0 heterocycles. The molecule has 5 nitrogen and oxygen atoms in total. The Bertz CT molecular complexity index is 561. The Morgan fingerprint density at radius 2 is 1.52 bits per heavy atom. The van der Waals surface area contributed by atoms with Gasteiger partial charge >= 0.3 is 11.9 Å². The summed E-state index contributed by atoms with van der Waals surface area (Å²) >= 11 is 0. The first-order valence-corrected chi connectivity index (χ1v) is 10.3. The summed E-state index contributed by atoms with van der Waals surface area (Å²) in [5, 5.41) is 0. The van der Waals surface area contributed by atoms with Gasteiger partial charge in [-0.3, -0.25) is 9.59 Å². The summed E-state index contributed by atoms with van der Waals surface area (Å²) in [5.74, 6) is 1.18. The third kappa shape index (κ3) is 8.46. The minimum Gasteiger partial charge on any atom is -0.494 e. The predicted molar refractivity (Wildman–Crippen MR) is 104 cm³/mol. The minimum absolute atomic E-state index is 0.0557. The van der Waals surface area contributed by atoms with E-state index >= 15 is 0 Å². The minimum atomic E-state index is -0.133. The number of hydrogen-bond donors (Lipinski definition) is 0. The van der Waals surface area contributed by atoms with E-state index in [-0.39, 0.29) is 17.9 Å². The normalized spacial score (nSPS) is 14.6. The number of ether oxygens (including phenoxy) is 3. The van der Waals surface area contributed by atoms with Gasteiger partial charge in [0.05, 0.1) is 19.1 Å². The summed E-state index contributed by atoms with van der Waals surface area (Å²) in [5.41, 5.74) is 0. The lowest BCUT2D eigenvalue weighted by Gasteiger charge is -2.19. The van der Waals surface area contributed by atoms with Gasteiger partial charge in [0.15, 0.2) is 0 Å². The molecule has 0 amide bonds. The van der Waals surface area contributed by atoms with E-state index in [1.165, 1.54) is 6.42 Å². The van der Waals surface area contributed by atoms with Crippen molar-refractivity contribution >= 4 is 11.9 Å². The lowest BCUT2D eigenvalue weighted by Crippen LogP contribution is -2.22. The zero-order valence-electron chi connectivity index (χ0n) is 16.4. The van der Waals surface area contributed by atoms with Crippen LogP contribution in [0, 0.1) is 5.92 Å². The fraction of sp³-hybridized carbons (Fsp3) is 0.636. The second-order valence-electron chi connectivity index (χ2n) is 7.06. The van der Waals surface area contributed by atoms with Crippen LogP contribution in [0.5, 0.6) is 11.5 Å². The zero-order chi connectivity index (χ0) is 19.3. The molecule has 0 bridgehead atoms. The second-order valence-corrected chi connectivity index (χ2v) is 7.06. The summed E-state index contributed by atoms with van der Waals surface area (Å²) in [6.45, 7) is 2.96. The first-order chi connectivity index (χ1) is 13.2. The van der Waals surface area contributed by atoms with Crippen molar-refractivity contribution in [2.45, 2.75) is 71.1 Å². The van der Waals surface area contributed by atoms with Gasteiger partial charge in [0.25, 0.3) is 0 Å². The molecule has 1 saturated carbocycles. The molecule has 1 aromatic carbocycles. The largest absolute Gasteiger partial charge is 0.494 e. The highest BCUT2D eigenvalue weighted by Crippen LogP contribution is 2.26. The quantitative estimate of drug-likeness (QED) is 0.307. The van der Waals surface area contributed by atoms with E-state index in [9.17, 15) is 9.59 Å². The van der Waals surface area contributed by atoms with E-state index in [4.69, 9.17) is 14.2 Å². The highest BCUT2D eigenvalue weighted by atomic mass is 16.5. The number of benzene rings is 1. The van der Waals surface area contributed by atoms with E-state index in [1.54, 1.807) is 19.1 Å². The van der Waals surface area contributed by atoms with Crippen LogP contribution in [0.2, 0.25) is 0 Å². The van der Waals surface area contributed by atoms with Gasteiger partial charge in [-0.1, -0.05) is 26.2 Å². The topological polar surface area (TPSA) is 61.8 Å². The molecule has 0 radical (unpaired) electrons. The molecule has 0 N–H and O–H groups in total. The number of rotatable bonds is 11. The maximum Gasteiger partial charge on any atom is 0.314 e. The van der Waals surface area contributed by atoms with E-state index in [0.717, 1.165) is 57.1 Å². The molecule has 1 aliphatic rings. The lowest BCUT2D eigenvalue weighted by molar-refractivity contribution is -0.143. The molecule has 0 aliphatic heterocycles. The number of carbonyl (C=O) groups excluding carboxylic acids is 2. The molecular formula is C22H32O5. The monoisotopic (exact) mass is 376 g/mol. The Labute approximate surface area is 162 Å². The summed E-state index contributed by atoms with van der Waals surface area (Å²) in [7, 11) is 0. The van der Waals surface area contributed by atoms with Gasteiger partial charge in [0, 0.05) is 6.42 Å². The molecule has 27 heavy (non-hydrogen) atoms. The third-order valence-corrected chi connectivity index (χ3v) is 4.84. The van der Waals surface area contributed by atoms with Crippen molar-refractivity contribution < 1.29 is 23.8 Å². The van der Waals surface area contributed by atoms with Crippen LogP contribution < -0.4 is 9.47 Å². The SMILES string of the molecule is CCC(=O)OCCCCCCOc1ccc(OC(=O)C2CCCCC2)cc1. The smallest absolute Gasteiger partial charge is 0.314 e. The van der Waals surface area contributed by atoms with Gasteiger partial charge in [0.2, 0.25) is 0 Å². The van der Waals surface area contributed by atoms with Gasteiger partial charge in [-0.05, 0) is 62.8 Å². The van der Waals surface area contributed by atoms with Crippen molar-refractivity contribution in [2.24, 2.45) is 5.92 Å². The summed E-state index contributed by atoms with van der Waals surface area (Å²) in [6, 6.07) is 7.26. The summed E-state index contributed by atoms with van der Waals surface area (Å²) in [6.07, 6.45) is 9.72. The first-order valence-electron chi connectivity index (χ1n) is 10.3. The summed E-state index contributed by atoms with van der Waals surface area (Å²) in [4.78, 5) is 23.1. The molecule has 2 rings (SSSR count). The van der Waals surface area contributed by atoms with Gasteiger partial charge < -0.3 is 14.2 Å². The lowest BCUT2D eigenvalue weighted by atomic mass is 9.89. The maximum absolute atomic E-state index is 12.1. The molecule has 0 unspecified atom stereocenters. The number of hydrogen-bond acceptors (Lipinski definition) is 5. The van der Waals surface area contributed by atoms with Crippen molar-refractivity contribution in [3.8, 4) is 11.5 Å². The molecule has 150 valence electrons. The highest BCUT2D eigenvalue weighted by molar-refractivity contribution is 5.75. The Morgan fingerprint density at radius 3 is 2.19 bits per heavy atom. The number of unbranched alkanes of at least 4 members (excludes halogenated alkanes) is 3. The molecule has 1 aromatic rings. The number of carbonyl (C=O) groups is 2. The van der Waals surface area contributed by atoms with E-state index in [1.807, 2.05) is 12.1 Å². The fourth-order valence-electron chi connectivity index (χ4n) is 3.18. The third-order valence-electron chi connectivity index (χ3n) is 4.84. The van der Waals surface area contributed by atoms with Crippen molar-refractivity contribution in [2.75, 3.05) is 13.2 Å². The zero-order valence-corrected chi connectivity index (χ0v) is 16.4. The van der Waals surface area contributed by atoms with E-state index in [2.05, 4.69) is 0 Å². The average molecular weight is 376 g/mol. The Hall–Kier alpha value is -2.04. The van der Waals surface area contributed by atoms with Crippen LogP contribution >= 0.6 is 0 Å². The van der Waals surface area contributed by atoms with Crippen LogP contribution in [0.15, 0.2) is 24.3 Å². The van der Waals surface area contributed by atoms with Crippen LogP contribution in [-0.2, 0) is 14.3 Å². The van der Waals surface area contributed by atoms with Crippen molar-refractivity contribution in [3.63, 3.8) is 0 Å². The molecule has 1 fully saturated rings. The van der Waals surface area contributed by atoms with E-state index in [0.29, 0.717) is 25.4 Å². The second kappa shape index (κ2) is 12.4. The average Bonchev–Trinajstić information content (AvgIpc) is 2.71. The van der Waals surface area contributed by atoms with Crippen LogP contribution in [0.1, 0.15) is 71.1 Å². The van der Waals surface area contributed by atoms with Crippen LogP contribution in [-0.4, -0.2) is 25.2 Å². The Morgan fingerprint density at radius 1 is 0.889 bits per heavy atom. The standard InChI is InChI=1S/C22H32O5/c1-2-21(23)26-17-9-4-3-8-16-25-19-12-14-20(15-13-19)27-22(24)18-10-6-5-7-11-18/h12-15,18H,2-11,16-17H2,1H3. The number of esters is 2. The van der Waals surface area contributed by atoms with Crippen LogP contribution in [0.4, 0.5) is 0 Å². The van der Waals surface area contributed by atoms with Gasteiger partial charge in [-0.2, -0.15) is 0 Å². The Kier molecular flexibility index (Phi) is 9.74. The molecule has 5 heteroatoms. The summed E-state index contributed by atoms with van der Waals surface area (Å²) < 4.78 is 16.2. The van der Waals surface area contributed by atoms with Crippen LogP contribution in [0.3, 0.4) is 0 Å².